The van der Waals surface area contributed by atoms with Gasteiger partial charge in [-0.25, -0.2) is 0 Å². The molecule has 0 spiro atoms. The Balaban J connectivity index is 2.01. The lowest BCUT2D eigenvalue weighted by atomic mass is 10.1. The van der Waals surface area contributed by atoms with Crippen LogP contribution >= 0.6 is 35.0 Å². The van der Waals surface area contributed by atoms with Crippen molar-refractivity contribution >= 4 is 40.9 Å². The molecule has 1 saturated carbocycles. The van der Waals surface area contributed by atoms with Gasteiger partial charge in [-0.2, -0.15) is 0 Å². The molecular weight excluding hydrogens is 301 g/mol. The quantitative estimate of drug-likeness (QED) is 0.667. The molecular formula is C14H17Cl2NOS. The molecule has 0 aliphatic heterocycles. The predicted molar refractivity (Wildman–Crippen MR) is 81.9 cm³/mol. The van der Waals surface area contributed by atoms with Crippen LogP contribution in [0.15, 0.2) is 29.2 Å². The van der Waals surface area contributed by atoms with E-state index < -0.39 is 9.75 Å². The van der Waals surface area contributed by atoms with Crippen molar-refractivity contribution in [3.8, 4) is 0 Å². The van der Waals surface area contributed by atoms with Crippen molar-refractivity contribution in [2.24, 2.45) is 5.41 Å². The van der Waals surface area contributed by atoms with Crippen molar-refractivity contribution in [1.82, 2.24) is 5.32 Å². The van der Waals surface area contributed by atoms with Crippen molar-refractivity contribution < 1.29 is 4.79 Å². The summed E-state index contributed by atoms with van der Waals surface area (Å²) >= 11 is 13.7. The minimum absolute atomic E-state index is 0.0510. The maximum absolute atomic E-state index is 12.2. The van der Waals surface area contributed by atoms with Gasteiger partial charge in [0.1, 0.15) is 4.33 Å². The summed E-state index contributed by atoms with van der Waals surface area (Å²) in [6.07, 6.45) is 2.54. The molecule has 0 bridgehead atoms. The molecule has 2 rings (SSSR count). The van der Waals surface area contributed by atoms with Crippen LogP contribution in [0.3, 0.4) is 0 Å². The fraction of sp³-hybridized carbons (Fsp3) is 0.500. The zero-order chi connectivity index (χ0) is 14.3. The van der Waals surface area contributed by atoms with Crippen molar-refractivity contribution in [2.45, 2.75) is 35.5 Å². The van der Waals surface area contributed by atoms with Crippen molar-refractivity contribution in [2.75, 3.05) is 6.26 Å². The average molecular weight is 318 g/mol. The number of rotatable bonds is 4. The van der Waals surface area contributed by atoms with Crippen molar-refractivity contribution in [1.29, 1.82) is 0 Å². The van der Waals surface area contributed by atoms with E-state index in [9.17, 15) is 4.79 Å². The van der Waals surface area contributed by atoms with Gasteiger partial charge in [0.15, 0.2) is 0 Å². The van der Waals surface area contributed by atoms with Crippen LogP contribution in [0.5, 0.6) is 0 Å². The standard InChI is InChI=1S/C14H17Cl2NOS/c1-9(10-4-6-11(19-3)7-5-10)17-12(18)13(2)8-14(13,15)16/h4-7,9H,8H2,1-3H3,(H,17,18)/t9-,13-/m0/s1. The van der Waals surface area contributed by atoms with Gasteiger partial charge in [-0.3, -0.25) is 4.79 Å². The Morgan fingerprint density at radius 2 is 1.89 bits per heavy atom. The molecule has 0 radical (unpaired) electrons. The van der Waals surface area contributed by atoms with E-state index in [1.165, 1.54) is 4.90 Å². The van der Waals surface area contributed by atoms with Gasteiger partial charge >= 0.3 is 0 Å². The van der Waals surface area contributed by atoms with Gasteiger partial charge in [0, 0.05) is 4.90 Å². The molecule has 2 nitrogen and oxygen atoms in total. The highest BCUT2D eigenvalue weighted by Crippen LogP contribution is 2.63. The Morgan fingerprint density at radius 3 is 2.32 bits per heavy atom. The molecule has 1 fully saturated rings. The number of carbonyl (C=O) groups is 1. The predicted octanol–water partition coefficient (Wildman–Crippen LogP) is 4.17. The molecule has 2 atom stereocenters. The van der Waals surface area contributed by atoms with E-state index in [1.807, 2.05) is 25.3 Å². The maximum atomic E-state index is 12.2. The first-order valence-corrected chi connectivity index (χ1v) is 8.11. The fourth-order valence-corrected chi connectivity index (χ4v) is 3.09. The molecule has 0 unspecified atom stereocenters. The van der Waals surface area contributed by atoms with Crippen LogP contribution in [0.4, 0.5) is 0 Å². The molecule has 104 valence electrons. The number of benzene rings is 1. The van der Waals surface area contributed by atoms with Crippen LogP contribution in [0.1, 0.15) is 31.9 Å². The summed E-state index contributed by atoms with van der Waals surface area (Å²) in [4.78, 5) is 13.4. The highest BCUT2D eigenvalue weighted by atomic mass is 35.5. The molecule has 1 aliphatic carbocycles. The van der Waals surface area contributed by atoms with Crippen LogP contribution in [0.2, 0.25) is 0 Å². The largest absolute Gasteiger partial charge is 0.349 e. The normalized spacial score (nSPS) is 25.7. The zero-order valence-corrected chi connectivity index (χ0v) is 13.5. The minimum atomic E-state index is -0.917. The smallest absolute Gasteiger partial charge is 0.229 e. The molecule has 19 heavy (non-hydrogen) atoms. The molecule has 1 N–H and O–H groups in total. The van der Waals surface area contributed by atoms with E-state index in [0.717, 1.165) is 5.56 Å². The Kier molecular flexibility index (Phi) is 4.10. The first-order valence-electron chi connectivity index (χ1n) is 6.13. The summed E-state index contributed by atoms with van der Waals surface area (Å²) in [5.74, 6) is -0.0843. The zero-order valence-electron chi connectivity index (χ0n) is 11.2. The third kappa shape index (κ3) is 2.88. The number of halogens is 2. The van der Waals surface area contributed by atoms with E-state index in [-0.39, 0.29) is 11.9 Å². The number of nitrogens with one attached hydrogen (secondary N) is 1. The van der Waals surface area contributed by atoms with Gasteiger partial charge in [-0.1, -0.05) is 12.1 Å². The number of amides is 1. The molecule has 1 aromatic carbocycles. The summed E-state index contributed by atoms with van der Waals surface area (Å²) in [6.45, 7) is 3.76. The van der Waals surface area contributed by atoms with Crippen LogP contribution in [-0.2, 0) is 4.79 Å². The molecule has 1 amide bonds. The first kappa shape index (κ1) is 15.0. The Hall–Kier alpha value is -0.380. The third-order valence-corrected chi connectivity index (χ3v) is 5.57. The van der Waals surface area contributed by atoms with Gasteiger partial charge in [0.25, 0.3) is 0 Å². The number of carbonyl (C=O) groups excluding carboxylic acids is 1. The minimum Gasteiger partial charge on any atom is -0.349 e. The lowest BCUT2D eigenvalue weighted by Crippen LogP contribution is -2.35. The van der Waals surface area contributed by atoms with Crippen molar-refractivity contribution in [3.63, 3.8) is 0 Å². The number of alkyl halides is 2. The lowest BCUT2D eigenvalue weighted by molar-refractivity contribution is -0.126. The van der Waals surface area contributed by atoms with Gasteiger partial charge in [-0.15, -0.1) is 35.0 Å². The summed E-state index contributed by atoms with van der Waals surface area (Å²) in [5, 5.41) is 2.98. The van der Waals surface area contributed by atoms with E-state index in [4.69, 9.17) is 23.2 Å². The maximum Gasteiger partial charge on any atom is 0.229 e. The van der Waals surface area contributed by atoms with Crippen LogP contribution < -0.4 is 5.32 Å². The lowest BCUT2D eigenvalue weighted by Gasteiger charge is -2.18. The Bertz CT molecular complexity index is 489. The summed E-state index contributed by atoms with van der Waals surface area (Å²) in [6, 6.07) is 8.11. The molecule has 0 heterocycles. The number of hydrogen-bond donors (Lipinski definition) is 1. The van der Waals surface area contributed by atoms with Crippen LogP contribution in [-0.4, -0.2) is 16.5 Å². The average Bonchev–Trinajstić information content (AvgIpc) is 2.90. The van der Waals surface area contributed by atoms with E-state index >= 15 is 0 Å². The fourth-order valence-electron chi connectivity index (χ4n) is 1.98. The second-order valence-electron chi connectivity index (χ2n) is 5.18. The van der Waals surface area contributed by atoms with Gasteiger partial charge in [0.2, 0.25) is 5.91 Å². The van der Waals surface area contributed by atoms with Crippen LogP contribution in [0.25, 0.3) is 0 Å². The Labute approximate surface area is 128 Å². The highest BCUT2D eigenvalue weighted by molar-refractivity contribution is 7.98. The van der Waals surface area contributed by atoms with Crippen LogP contribution in [0, 0.1) is 5.41 Å². The second-order valence-corrected chi connectivity index (χ2v) is 7.55. The van der Waals surface area contributed by atoms with Gasteiger partial charge < -0.3 is 5.32 Å². The summed E-state index contributed by atoms with van der Waals surface area (Å²) in [5.41, 5.74) is 0.411. The first-order chi connectivity index (χ1) is 8.80. The monoisotopic (exact) mass is 317 g/mol. The highest BCUT2D eigenvalue weighted by Gasteiger charge is 2.67. The molecule has 1 aliphatic rings. The van der Waals surface area contributed by atoms with E-state index in [1.54, 1.807) is 18.7 Å². The molecule has 0 saturated heterocycles. The Morgan fingerprint density at radius 1 is 1.37 bits per heavy atom. The topological polar surface area (TPSA) is 29.1 Å². The molecule has 0 aromatic heterocycles. The SMILES string of the molecule is CSc1ccc([C@H](C)NC(=O)[C@]2(C)CC2(Cl)Cl)cc1. The van der Waals surface area contributed by atoms with Crippen molar-refractivity contribution in [3.05, 3.63) is 29.8 Å². The molecule has 5 heteroatoms. The van der Waals surface area contributed by atoms with E-state index in [0.29, 0.717) is 6.42 Å². The summed E-state index contributed by atoms with van der Waals surface area (Å²) in [7, 11) is 0. The van der Waals surface area contributed by atoms with Gasteiger partial charge in [0.05, 0.1) is 11.5 Å². The van der Waals surface area contributed by atoms with Gasteiger partial charge in [-0.05, 0) is 44.2 Å². The summed E-state index contributed by atoms with van der Waals surface area (Å²) < 4.78 is -0.917. The number of thioether (sulfide) groups is 1. The molecule has 1 aromatic rings. The second kappa shape index (κ2) is 5.19. The van der Waals surface area contributed by atoms with E-state index in [2.05, 4.69) is 17.4 Å². The third-order valence-electron chi connectivity index (χ3n) is 3.72. The number of hydrogen-bond acceptors (Lipinski definition) is 2.